The smallest absolute Gasteiger partial charge is 0.0174 e. The summed E-state index contributed by atoms with van der Waals surface area (Å²) in [5, 5.41) is 0. The van der Waals surface area contributed by atoms with Crippen LogP contribution in [-0.2, 0) is 0 Å². The normalized spacial score (nSPS) is 26.9. The molecule has 1 saturated heterocycles. The van der Waals surface area contributed by atoms with Crippen LogP contribution < -0.4 is 5.73 Å². The first-order valence-electron chi connectivity index (χ1n) is 6.32. The summed E-state index contributed by atoms with van der Waals surface area (Å²) in [5.74, 6) is 0.622. The summed E-state index contributed by atoms with van der Waals surface area (Å²) in [5.41, 5.74) is 7.58. The van der Waals surface area contributed by atoms with Gasteiger partial charge in [0.2, 0.25) is 0 Å². The lowest BCUT2D eigenvalue weighted by molar-refractivity contribution is 0.189. The van der Waals surface area contributed by atoms with Gasteiger partial charge in [0.25, 0.3) is 0 Å². The average molecular weight is 218 g/mol. The molecular formula is C14H22N2. The zero-order chi connectivity index (χ0) is 11.4. The van der Waals surface area contributed by atoms with Crippen molar-refractivity contribution in [3.8, 4) is 0 Å². The molecule has 2 rings (SSSR count). The fraction of sp³-hybridized carbons (Fsp3) is 0.571. The summed E-state index contributed by atoms with van der Waals surface area (Å²) in [7, 11) is 0. The van der Waals surface area contributed by atoms with Gasteiger partial charge >= 0.3 is 0 Å². The van der Waals surface area contributed by atoms with Gasteiger partial charge in [0.05, 0.1) is 0 Å². The van der Waals surface area contributed by atoms with Crippen molar-refractivity contribution in [1.29, 1.82) is 0 Å². The zero-order valence-electron chi connectivity index (χ0n) is 10.1. The molecule has 2 heteroatoms. The van der Waals surface area contributed by atoms with Crippen LogP contribution in [0.4, 0.5) is 0 Å². The standard InChI is InChI=1S/C14H22N2/c1-2-8-16-10-13(9-14(15)11-16)12-6-4-3-5-7-12/h3-7,13-14H,2,8-11,15H2,1H3. The summed E-state index contributed by atoms with van der Waals surface area (Å²) in [6, 6.07) is 11.1. The molecule has 0 spiro atoms. The molecule has 2 unspecified atom stereocenters. The summed E-state index contributed by atoms with van der Waals surface area (Å²) in [4.78, 5) is 2.51. The fourth-order valence-electron chi connectivity index (χ4n) is 2.70. The average Bonchev–Trinajstić information content (AvgIpc) is 2.30. The lowest BCUT2D eigenvalue weighted by Crippen LogP contribution is -2.46. The molecule has 0 amide bonds. The van der Waals surface area contributed by atoms with Gasteiger partial charge in [-0.3, -0.25) is 0 Å². The first-order valence-corrected chi connectivity index (χ1v) is 6.32. The molecule has 88 valence electrons. The van der Waals surface area contributed by atoms with Crippen LogP contribution in [0.25, 0.3) is 0 Å². The Labute approximate surface area is 98.4 Å². The van der Waals surface area contributed by atoms with Crippen molar-refractivity contribution < 1.29 is 0 Å². The molecule has 2 N–H and O–H groups in total. The highest BCUT2D eigenvalue weighted by molar-refractivity contribution is 5.21. The minimum Gasteiger partial charge on any atom is -0.327 e. The number of rotatable bonds is 3. The van der Waals surface area contributed by atoms with Crippen LogP contribution in [-0.4, -0.2) is 30.6 Å². The lowest BCUT2D eigenvalue weighted by Gasteiger charge is -2.36. The minimum atomic E-state index is 0.338. The van der Waals surface area contributed by atoms with Gasteiger partial charge in [0.15, 0.2) is 0 Å². The molecule has 0 radical (unpaired) electrons. The maximum Gasteiger partial charge on any atom is 0.0174 e. The van der Waals surface area contributed by atoms with E-state index in [2.05, 4.69) is 42.2 Å². The number of nitrogens with two attached hydrogens (primary N) is 1. The van der Waals surface area contributed by atoms with Gasteiger partial charge in [-0.1, -0.05) is 37.3 Å². The molecule has 0 bridgehead atoms. The number of piperidine rings is 1. The second kappa shape index (κ2) is 5.46. The maximum absolute atomic E-state index is 6.14. The van der Waals surface area contributed by atoms with E-state index in [1.807, 2.05) is 0 Å². The van der Waals surface area contributed by atoms with Gasteiger partial charge in [-0.15, -0.1) is 0 Å². The first kappa shape index (κ1) is 11.6. The van der Waals surface area contributed by atoms with Crippen LogP contribution in [0, 0.1) is 0 Å². The Balaban J connectivity index is 2.04. The van der Waals surface area contributed by atoms with Crippen LogP contribution in [0.5, 0.6) is 0 Å². The predicted molar refractivity (Wildman–Crippen MR) is 68.5 cm³/mol. The molecule has 1 fully saturated rings. The highest BCUT2D eigenvalue weighted by Crippen LogP contribution is 2.26. The zero-order valence-corrected chi connectivity index (χ0v) is 10.1. The molecular weight excluding hydrogens is 196 g/mol. The Morgan fingerprint density at radius 1 is 1.25 bits per heavy atom. The number of hydrogen-bond acceptors (Lipinski definition) is 2. The first-order chi connectivity index (χ1) is 7.79. The van der Waals surface area contributed by atoms with E-state index in [4.69, 9.17) is 5.73 Å². The van der Waals surface area contributed by atoms with Gasteiger partial charge in [0.1, 0.15) is 0 Å². The summed E-state index contributed by atoms with van der Waals surface area (Å²) in [6.45, 7) is 5.65. The largest absolute Gasteiger partial charge is 0.327 e. The second-order valence-electron chi connectivity index (χ2n) is 4.86. The summed E-state index contributed by atoms with van der Waals surface area (Å²) in [6.07, 6.45) is 2.35. The molecule has 1 aromatic rings. The minimum absolute atomic E-state index is 0.338. The third-order valence-corrected chi connectivity index (χ3v) is 3.37. The summed E-state index contributed by atoms with van der Waals surface area (Å²) >= 11 is 0. The highest BCUT2D eigenvalue weighted by Gasteiger charge is 2.25. The van der Waals surface area contributed by atoms with Crippen molar-refractivity contribution in [2.75, 3.05) is 19.6 Å². The molecule has 1 heterocycles. The molecule has 1 aliphatic heterocycles. The molecule has 16 heavy (non-hydrogen) atoms. The Kier molecular flexibility index (Phi) is 3.97. The number of likely N-dealkylation sites (tertiary alicyclic amines) is 1. The maximum atomic E-state index is 6.14. The van der Waals surface area contributed by atoms with E-state index in [9.17, 15) is 0 Å². The van der Waals surface area contributed by atoms with E-state index >= 15 is 0 Å². The van der Waals surface area contributed by atoms with E-state index in [1.54, 1.807) is 0 Å². The topological polar surface area (TPSA) is 29.3 Å². The fourth-order valence-corrected chi connectivity index (χ4v) is 2.70. The van der Waals surface area contributed by atoms with Gasteiger partial charge in [0, 0.05) is 19.1 Å². The molecule has 0 saturated carbocycles. The quantitative estimate of drug-likeness (QED) is 0.843. The van der Waals surface area contributed by atoms with E-state index < -0.39 is 0 Å². The van der Waals surface area contributed by atoms with Crippen LogP contribution in [0.1, 0.15) is 31.2 Å². The molecule has 1 aromatic carbocycles. The van der Waals surface area contributed by atoms with Crippen molar-refractivity contribution in [2.24, 2.45) is 5.73 Å². The Bertz CT molecular complexity index is 310. The Hall–Kier alpha value is -0.860. The van der Waals surface area contributed by atoms with Gasteiger partial charge < -0.3 is 10.6 Å². The van der Waals surface area contributed by atoms with Crippen molar-refractivity contribution in [2.45, 2.75) is 31.7 Å². The second-order valence-corrected chi connectivity index (χ2v) is 4.86. The number of benzene rings is 1. The molecule has 0 aliphatic carbocycles. The van der Waals surface area contributed by atoms with Gasteiger partial charge in [-0.25, -0.2) is 0 Å². The van der Waals surface area contributed by atoms with Crippen LogP contribution in [0.15, 0.2) is 30.3 Å². The van der Waals surface area contributed by atoms with Crippen LogP contribution >= 0.6 is 0 Å². The SMILES string of the molecule is CCCN1CC(N)CC(c2ccccc2)C1. The van der Waals surface area contributed by atoms with Gasteiger partial charge in [-0.05, 0) is 30.9 Å². The third-order valence-electron chi connectivity index (χ3n) is 3.37. The predicted octanol–water partition coefficient (Wildman–Crippen LogP) is 2.21. The molecule has 2 atom stereocenters. The summed E-state index contributed by atoms with van der Waals surface area (Å²) < 4.78 is 0. The van der Waals surface area contributed by atoms with E-state index in [-0.39, 0.29) is 0 Å². The number of nitrogens with zero attached hydrogens (tertiary/aromatic N) is 1. The third kappa shape index (κ3) is 2.83. The van der Waals surface area contributed by atoms with Crippen molar-refractivity contribution in [3.05, 3.63) is 35.9 Å². The molecule has 0 aromatic heterocycles. The molecule has 2 nitrogen and oxygen atoms in total. The van der Waals surface area contributed by atoms with Gasteiger partial charge in [-0.2, -0.15) is 0 Å². The number of hydrogen-bond donors (Lipinski definition) is 1. The van der Waals surface area contributed by atoms with E-state index in [0.29, 0.717) is 12.0 Å². The van der Waals surface area contributed by atoms with Crippen LogP contribution in [0.3, 0.4) is 0 Å². The van der Waals surface area contributed by atoms with Crippen molar-refractivity contribution >= 4 is 0 Å². The van der Waals surface area contributed by atoms with E-state index in [0.717, 1.165) is 13.0 Å². The Morgan fingerprint density at radius 2 is 2.00 bits per heavy atom. The van der Waals surface area contributed by atoms with Crippen LogP contribution in [0.2, 0.25) is 0 Å². The van der Waals surface area contributed by atoms with Crippen molar-refractivity contribution in [3.63, 3.8) is 0 Å². The molecule has 1 aliphatic rings. The van der Waals surface area contributed by atoms with Crippen molar-refractivity contribution in [1.82, 2.24) is 4.90 Å². The van der Waals surface area contributed by atoms with E-state index in [1.165, 1.54) is 25.1 Å². The Morgan fingerprint density at radius 3 is 2.69 bits per heavy atom. The monoisotopic (exact) mass is 218 g/mol. The highest BCUT2D eigenvalue weighted by atomic mass is 15.1. The lowest BCUT2D eigenvalue weighted by atomic mass is 9.88.